The van der Waals surface area contributed by atoms with Crippen LogP contribution in [0.3, 0.4) is 0 Å². The van der Waals surface area contributed by atoms with E-state index in [0.29, 0.717) is 28.3 Å². The molecule has 2 aromatic rings. The lowest BCUT2D eigenvalue weighted by atomic mass is 9.97. The van der Waals surface area contributed by atoms with E-state index in [-0.39, 0.29) is 0 Å². The first-order valence-corrected chi connectivity index (χ1v) is 10.8. The van der Waals surface area contributed by atoms with Crippen molar-refractivity contribution in [1.29, 1.82) is 0 Å². The Hall–Kier alpha value is -3.88. The van der Waals surface area contributed by atoms with Crippen LogP contribution in [0.25, 0.3) is 0 Å². The number of nitrogens with zero attached hydrogens (tertiary/aromatic N) is 1. The van der Waals surface area contributed by atoms with Gasteiger partial charge in [-0.3, -0.25) is 14.6 Å². The van der Waals surface area contributed by atoms with Crippen LogP contribution in [0.4, 0.5) is 0 Å². The fourth-order valence-corrected chi connectivity index (χ4v) is 3.19. The summed E-state index contributed by atoms with van der Waals surface area (Å²) < 4.78 is 25.6. The summed E-state index contributed by atoms with van der Waals surface area (Å²) in [6, 6.07) is 12.3. The van der Waals surface area contributed by atoms with Crippen LogP contribution in [-0.2, 0) is 28.6 Å². The Morgan fingerprint density at radius 3 is 1.40 bits per heavy atom. The number of carbonyl (C=O) groups excluding carboxylic acids is 3. The number of aliphatic imine (C=N–C) groups is 1. The van der Waals surface area contributed by atoms with Crippen LogP contribution in [-0.4, -0.2) is 63.7 Å². The van der Waals surface area contributed by atoms with E-state index in [2.05, 4.69) is 4.99 Å². The SMILES string of the molecule is COC(=O)C(C(=O)OC)[C@H](N=C(c1ccc(OC)cc1)c1ccc(OC)cc1)C(=O)OC(C)(C)C. The molecule has 0 unspecified atom stereocenters. The number of esters is 3. The highest BCUT2D eigenvalue weighted by Gasteiger charge is 2.43. The lowest BCUT2D eigenvalue weighted by molar-refractivity contribution is -0.169. The van der Waals surface area contributed by atoms with Gasteiger partial charge in [0.15, 0.2) is 12.0 Å². The molecule has 0 aliphatic carbocycles. The van der Waals surface area contributed by atoms with Crippen molar-refractivity contribution in [2.75, 3.05) is 28.4 Å². The average molecular weight is 486 g/mol. The molecule has 0 aromatic heterocycles. The molecule has 9 nitrogen and oxygen atoms in total. The number of hydrogen-bond donors (Lipinski definition) is 0. The summed E-state index contributed by atoms with van der Waals surface area (Å²) in [4.78, 5) is 43.1. The van der Waals surface area contributed by atoms with Crippen LogP contribution in [0.2, 0.25) is 0 Å². The second-order valence-electron chi connectivity index (χ2n) is 8.44. The molecule has 0 heterocycles. The minimum atomic E-state index is -1.67. The van der Waals surface area contributed by atoms with Gasteiger partial charge in [-0.1, -0.05) is 0 Å². The van der Waals surface area contributed by atoms with E-state index in [1.54, 1.807) is 83.5 Å². The topological polar surface area (TPSA) is 110 Å². The Kier molecular flexibility index (Phi) is 9.39. The van der Waals surface area contributed by atoms with E-state index in [4.69, 9.17) is 23.7 Å². The van der Waals surface area contributed by atoms with Crippen molar-refractivity contribution in [2.24, 2.45) is 10.9 Å². The molecule has 0 saturated carbocycles. The Labute approximate surface area is 205 Å². The number of ether oxygens (including phenoxy) is 5. The highest BCUT2D eigenvalue weighted by molar-refractivity contribution is 6.14. The number of rotatable bonds is 9. The third-order valence-electron chi connectivity index (χ3n) is 4.87. The van der Waals surface area contributed by atoms with Crippen LogP contribution in [0.15, 0.2) is 53.5 Å². The van der Waals surface area contributed by atoms with Gasteiger partial charge < -0.3 is 23.7 Å². The van der Waals surface area contributed by atoms with Gasteiger partial charge in [0.05, 0.1) is 34.2 Å². The van der Waals surface area contributed by atoms with Crippen LogP contribution in [0, 0.1) is 5.92 Å². The maximum absolute atomic E-state index is 13.3. The molecule has 0 N–H and O–H groups in total. The van der Waals surface area contributed by atoms with Gasteiger partial charge in [-0.05, 0) is 69.3 Å². The number of hydrogen-bond acceptors (Lipinski definition) is 9. The van der Waals surface area contributed by atoms with Gasteiger partial charge in [0.2, 0.25) is 0 Å². The molecule has 0 spiro atoms. The van der Waals surface area contributed by atoms with Crippen LogP contribution < -0.4 is 9.47 Å². The molecule has 0 amide bonds. The standard InChI is InChI=1S/C26H31NO8/c1-26(2,3)35-25(30)22(20(23(28)33-6)24(29)34-7)27-21(16-8-12-18(31-4)13-9-16)17-10-14-19(32-5)15-11-17/h8-15,20,22H,1-7H3/t22-/m0/s1. The summed E-state index contributed by atoms with van der Waals surface area (Å²) in [5, 5.41) is 0. The van der Waals surface area contributed by atoms with E-state index in [9.17, 15) is 14.4 Å². The predicted octanol–water partition coefficient (Wildman–Crippen LogP) is 3.21. The first-order chi connectivity index (χ1) is 16.5. The van der Waals surface area contributed by atoms with Crippen molar-refractivity contribution in [3.8, 4) is 11.5 Å². The van der Waals surface area contributed by atoms with Gasteiger partial charge >= 0.3 is 17.9 Å². The lowest BCUT2D eigenvalue weighted by Crippen LogP contribution is -2.44. The van der Waals surface area contributed by atoms with Crippen LogP contribution in [0.1, 0.15) is 31.9 Å². The largest absolute Gasteiger partial charge is 0.497 e. The van der Waals surface area contributed by atoms with E-state index < -0.39 is 35.5 Å². The summed E-state index contributed by atoms with van der Waals surface area (Å²) >= 11 is 0. The molecule has 35 heavy (non-hydrogen) atoms. The first kappa shape index (κ1) is 27.4. The van der Waals surface area contributed by atoms with E-state index >= 15 is 0 Å². The molecule has 188 valence electrons. The second-order valence-corrected chi connectivity index (χ2v) is 8.44. The zero-order chi connectivity index (χ0) is 26.2. The van der Waals surface area contributed by atoms with Gasteiger partial charge in [0.25, 0.3) is 0 Å². The molecule has 0 bridgehead atoms. The summed E-state index contributed by atoms with van der Waals surface area (Å²) in [6.45, 7) is 5.01. The van der Waals surface area contributed by atoms with Crippen molar-refractivity contribution in [3.63, 3.8) is 0 Å². The van der Waals surface area contributed by atoms with E-state index in [1.807, 2.05) is 0 Å². The van der Waals surface area contributed by atoms with Gasteiger partial charge in [0, 0.05) is 11.1 Å². The minimum Gasteiger partial charge on any atom is -0.497 e. The predicted molar refractivity (Wildman–Crippen MR) is 129 cm³/mol. The second kappa shape index (κ2) is 12.0. The van der Waals surface area contributed by atoms with Crippen molar-refractivity contribution in [3.05, 3.63) is 59.7 Å². The van der Waals surface area contributed by atoms with Crippen molar-refractivity contribution in [2.45, 2.75) is 32.4 Å². The van der Waals surface area contributed by atoms with Crippen molar-refractivity contribution < 1.29 is 38.1 Å². The molecule has 0 saturated heterocycles. The number of methoxy groups -OCH3 is 4. The smallest absolute Gasteiger partial charge is 0.332 e. The van der Waals surface area contributed by atoms with Gasteiger partial charge in [-0.15, -0.1) is 0 Å². The third-order valence-corrected chi connectivity index (χ3v) is 4.87. The highest BCUT2D eigenvalue weighted by atomic mass is 16.6. The molecule has 0 radical (unpaired) electrons. The Morgan fingerprint density at radius 1 is 0.686 bits per heavy atom. The normalized spacial score (nSPS) is 11.8. The average Bonchev–Trinajstić information content (AvgIpc) is 2.84. The third kappa shape index (κ3) is 7.30. The maximum atomic E-state index is 13.3. The first-order valence-electron chi connectivity index (χ1n) is 10.8. The molecule has 9 heteroatoms. The maximum Gasteiger partial charge on any atom is 0.332 e. The zero-order valence-electron chi connectivity index (χ0n) is 21.0. The molecule has 0 aliphatic rings. The van der Waals surface area contributed by atoms with Gasteiger partial charge in [-0.2, -0.15) is 0 Å². The highest BCUT2D eigenvalue weighted by Crippen LogP contribution is 2.23. The number of benzene rings is 2. The van der Waals surface area contributed by atoms with Gasteiger partial charge in [-0.25, -0.2) is 4.79 Å². The van der Waals surface area contributed by atoms with Crippen LogP contribution >= 0.6 is 0 Å². The fourth-order valence-electron chi connectivity index (χ4n) is 3.19. The zero-order valence-corrected chi connectivity index (χ0v) is 21.0. The number of carbonyl (C=O) groups is 3. The Morgan fingerprint density at radius 2 is 1.09 bits per heavy atom. The molecular weight excluding hydrogens is 454 g/mol. The summed E-state index contributed by atoms with van der Waals surface area (Å²) in [7, 11) is 5.32. The van der Waals surface area contributed by atoms with E-state index in [1.165, 1.54) is 0 Å². The monoisotopic (exact) mass is 485 g/mol. The molecule has 2 aromatic carbocycles. The molecule has 0 fully saturated rings. The lowest BCUT2D eigenvalue weighted by Gasteiger charge is -2.25. The Balaban J connectivity index is 2.77. The summed E-state index contributed by atoms with van der Waals surface area (Å²) in [5.41, 5.74) is 0.655. The molecule has 1 atom stereocenters. The molecule has 0 aliphatic heterocycles. The quantitative estimate of drug-likeness (QED) is 0.231. The summed E-state index contributed by atoms with van der Waals surface area (Å²) in [5.74, 6) is -3.26. The van der Waals surface area contributed by atoms with E-state index in [0.717, 1.165) is 14.2 Å². The molecular formula is C26H31NO8. The Bertz CT molecular complexity index is 987. The fraction of sp³-hybridized carbons (Fsp3) is 0.385. The molecule has 2 rings (SSSR count). The minimum absolute atomic E-state index is 0.337. The van der Waals surface area contributed by atoms with Crippen LogP contribution in [0.5, 0.6) is 11.5 Å². The van der Waals surface area contributed by atoms with Crippen molar-refractivity contribution >= 4 is 23.6 Å². The van der Waals surface area contributed by atoms with Crippen molar-refractivity contribution in [1.82, 2.24) is 0 Å². The van der Waals surface area contributed by atoms with Gasteiger partial charge in [0.1, 0.15) is 17.1 Å². The summed E-state index contributed by atoms with van der Waals surface area (Å²) in [6.07, 6.45) is 0.